The van der Waals surface area contributed by atoms with Crippen LogP contribution in [0.5, 0.6) is 0 Å². The maximum absolute atomic E-state index is 10.9. The number of hydrogen-bond donors (Lipinski definition) is 1. The predicted molar refractivity (Wildman–Crippen MR) is 76.7 cm³/mol. The van der Waals surface area contributed by atoms with Gasteiger partial charge in [0.05, 0.1) is 6.10 Å². The predicted octanol–water partition coefficient (Wildman–Crippen LogP) is 4.30. The van der Waals surface area contributed by atoms with Gasteiger partial charge >= 0.3 is 0 Å². The molecular formula is C17H26O. The first kappa shape index (κ1) is 13.6. The molecule has 0 radical (unpaired) electrons. The molecule has 1 aliphatic carbocycles. The molecule has 1 N–H and O–H groups in total. The summed E-state index contributed by atoms with van der Waals surface area (Å²) in [6.45, 7) is 4.43. The molecule has 1 unspecified atom stereocenters. The van der Waals surface area contributed by atoms with E-state index in [1.54, 1.807) is 0 Å². The molecule has 0 aromatic heterocycles. The fraction of sp³-hybridized carbons (Fsp3) is 0.647. The third kappa shape index (κ3) is 2.33. The molecule has 1 aliphatic rings. The zero-order valence-electron chi connectivity index (χ0n) is 11.7. The molecule has 1 heteroatoms. The molecule has 1 nitrogen and oxygen atoms in total. The second-order valence-electron chi connectivity index (χ2n) is 5.72. The van der Waals surface area contributed by atoms with Crippen LogP contribution >= 0.6 is 0 Å². The molecule has 100 valence electrons. The van der Waals surface area contributed by atoms with Gasteiger partial charge in [-0.1, -0.05) is 57.0 Å². The highest BCUT2D eigenvalue weighted by Gasteiger charge is 2.41. The van der Waals surface area contributed by atoms with E-state index in [1.165, 1.54) is 31.2 Å². The Hall–Kier alpha value is -0.820. The SMILES string of the molecule is CCC(CC)(c1ccccc1)C(O)C1CCCC1. The van der Waals surface area contributed by atoms with Crippen molar-refractivity contribution >= 4 is 0 Å². The lowest BCUT2D eigenvalue weighted by atomic mass is 9.67. The van der Waals surface area contributed by atoms with Crippen LogP contribution in [-0.4, -0.2) is 11.2 Å². The minimum atomic E-state index is -0.183. The van der Waals surface area contributed by atoms with Crippen molar-refractivity contribution < 1.29 is 5.11 Å². The zero-order valence-corrected chi connectivity index (χ0v) is 11.7. The summed E-state index contributed by atoms with van der Waals surface area (Å²) in [6, 6.07) is 10.6. The largest absolute Gasteiger partial charge is 0.392 e. The van der Waals surface area contributed by atoms with E-state index in [1.807, 2.05) is 0 Å². The Kier molecular flexibility index (Phi) is 4.45. The van der Waals surface area contributed by atoms with E-state index in [0.717, 1.165) is 12.8 Å². The lowest BCUT2D eigenvalue weighted by molar-refractivity contribution is 0.0240. The van der Waals surface area contributed by atoms with Gasteiger partial charge in [-0.3, -0.25) is 0 Å². The summed E-state index contributed by atoms with van der Waals surface area (Å²) in [5.74, 6) is 0.505. The molecule has 0 heterocycles. The lowest BCUT2D eigenvalue weighted by Gasteiger charge is -2.40. The van der Waals surface area contributed by atoms with Crippen LogP contribution in [0.4, 0.5) is 0 Å². The normalized spacial score (nSPS) is 19.1. The molecule has 1 aromatic rings. The van der Waals surface area contributed by atoms with E-state index < -0.39 is 0 Å². The van der Waals surface area contributed by atoms with Gasteiger partial charge in [0, 0.05) is 5.41 Å². The van der Waals surface area contributed by atoms with Crippen LogP contribution in [0.25, 0.3) is 0 Å². The molecule has 18 heavy (non-hydrogen) atoms. The summed E-state index contributed by atoms with van der Waals surface area (Å²) in [5, 5.41) is 10.9. The summed E-state index contributed by atoms with van der Waals surface area (Å²) < 4.78 is 0. The number of hydrogen-bond acceptors (Lipinski definition) is 1. The van der Waals surface area contributed by atoms with Crippen molar-refractivity contribution in [1.82, 2.24) is 0 Å². The maximum Gasteiger partial charge on any atom is 0.0664 e. The Morgan fingerprint density at radius 2 is 1.67 bits per heavy atom. The van der Waals surface area contributed by atoms with Crippen LogP contribution in [0.15, 0.2) is 30.3 Å². The van der Waals surface area contributed by atoms with Crippen LogP contribution in [0.1, 0.15) is 57.9 Å². The van der Waals surface area contributed by atoms with Crippen LogP contribution in [0, 0.1) is 5.92 Å². The van der Waals surface area contributed by atoms with Crippen molar-refractivity contribution in [2.24, 2.45) is 5.92 Å². The molecule has 0 saturated heterocycles. The zero-order chi connectivity index (χ0) is 13.0. The van der Waals surface area contributed by atoms with E-state index in [0.29, 0.717) is 5.92 Å². The quantitative estimate of drug-likeness (QED) is 0.821. The fourth-order valence-corrected chi connectivity index (χ4v) is 3.74. The van der Waals surface area contributed by atoms with Crippen molar-refractivity contribution in [2.45, 2.75) is 63.9 Å². The third-order valence-corrected chi connectivity index (χ3v) is 5.02. The second kappa shape index (κ2) is 5.88. The highest BCUT2D eigenvalue weighted by atomic mass is 16.3. The first-order valence-corrected chi connectivity index (χ1v) is 7.48. The van der Waals surface area contributed by atoms with Gasteiger partial charge in [0.15, 0.2) is 0 Å². The molecule has 0 bridgehead atoms. The van der Waals surface area contributed by atoms with Gasteiger partial charge < -0.3 is 5.11 Å². The van der Waals surface area contributed by atoms with E-state index in [9.17, 15) is 5.11 Å². The lowest BCUT2D eigenvalue weighted by Crippen LogP contribution is -2.42. The molecular weight excluding hydrogens is 220 g/mol. The smallest absolute Gasteiger partial charge is 0.0664 e. The molecule has 1 aromatic carbocycles. The molecule has 1 fully saturated rings. The van der Waals surface area contributed by atoms with E-state index in [2.05, 4.69) is 44.2 Å². The van der Waals surface area contributed by atoms with Gasteiger partial charge in [-0.15, -0.1) is 0 Å². The minimum Gasteiger partial charge on any atom is -0.392 e. The van der Waals surface area contributed by atoms with Crippen LogP contribution in [0.2, 0.25) is 0 Å². The van der Waals surface area contributed by atoms with Gasteiger partial charge in [-0.25, -0.2) is 0 Å². The topological polar surface area (TPSA) is 20.2 Å². The third-order valence-electron chi connectivity index (χ3n) is 5.02. The molecule has 0 amide bonds. The molecule has 2 rings (SSSR count). The molecule has 1 saturated carbocycles. The monoisotopic (exact) mass is 246 g/mol. The average Bonchev–Trinajstić information content (AvgIpc) is 2.96. The highest BCUT2D eigenvalue weighted by Crippen LogP contribution is 2.42. The average molecular weight is 246 g/mol. The molecule has 0 spiro atoms. The van der Waals surface area contributed by atoms with Crippen molar-refractivity contribution in [3.8, 4) is 0 Å². The minimum absolute atomic E-state index is 0.0454. The van der Waals surface area contributed by atoms with E-state index in [-0.39, 0.29) is 11.5 Å². The number of rotatable bonds is 5. The Morgan fingerprint density at radius 3 is 2.17 bits per heavy atom. The van der Waals surface area contributed by atoms with Crippen molar-refractivity contribution in [3.63, 3.8) is 0 Å². The summed E-state index contributed by atoms with van der Waals surface area (Å²) in [5.41, 5.74) is 1.27. The first-order chi connectivity index (χ1) is 8.74. The van der Waals surface area contributed by atoms with Gasteiger partial charge in [0.2, 0.25) is 0 Å². The van der Waals surface area contributed by atoms with Gasteiger partial charge in [-0.05, 0) is 37.2 Å². The number of benzene rings is 1. The van der Waals surface area contributed by atoms with E-state index >= 15 is 0 Å². The van der Waals surface area contributed by atoms with Crippen LogP contribution < -0.4 is 0 Å². The fourth-order valence-electron chi connectivity index (χ4n) is 3.74. The number of aliphatic hydroxyl groups excluding tert-OH is 1. The first-order valence-electron chi connectivity index (χ1n) is 7.48. The van der Waals surface area contributed by atoms with Crippen LogP contribution in [-0.2, 0) is 5.41 Å². The second-order valence-corrected chi connectivity index (χ2v) is 5.72. The summed E-state index contributed by atoms with van der Waals surface area (Å²) in [7, 11) is 0. The Bertz CT molecular complexity index is 347. The van der Waals surface area contributed by atoms with Gasteiger partial charge in [0.1, 0.15) is 0 Å². The van der Waals surface area contributed by atoms with Crippen LogP contribution in [0.3, 0.4) is 0 Å². The van der Waals surface area contributed by atoms with Gasteiger partial charge in [-0.2, -0.15) is 0 Å². The van der Waals surface area contributed by atoms with Crippen molar-refractivity contribution in [3.05, 3.63) is 35.9 Å². The molecule has 1 atom stereocenters. The van der Waals surface area contributed by atoms with Crippen molar-refractivity contribution in [1.29, 1.82) is 0 Å². The summed E-state index contributed by atoms with van der Waals surface area (Å²) >= 11 is 0. The Morgan fingerprint density at radius 1 is 1.11 bits per heavy atom. The standard InChI is InChI=1S/C17H26O/c1-3-17(4-2,15-12-6-5-7-13-15)16(18)14-10-8-9-11-14/h5-7,12-14,16,18H,3-4,8-11H2,1-2H3. The Balaban J connectivity index is 2.30. The Labute approximate surface area is 111 Å². The maximum atomic E-state index is 10.9. The van der Waals surface area contributed by atoms with Crippen molar-refractivity contribution in [2.75, 3.05) is 0 Å². The highest BCUT2D eigenvalue weighted by molar-refractivity contribution is 5.27. The van der Waals surface area contributed by atoms with E-state index in [4.69, 9.17) is 0 Å². The summed E-state index contributed by atoms with van der Waals surface area (Å²) in [6.07, 6.45) is 6.85. The number of aliphatic hydroxyl groups is 1. The summed E-state index contributed by atoms with van der Waals surface area (Å²) in [4.78, 5) is 0. The molecule has 0 aliphatic heterocycles. The van der Waals surface area contributed by atoms with Gasteiger partial charge in [0.25, 0.3) is 0 Å².